The molecule has 1 aromatic rings. The molecule has 0 amide bonds. The Balaban J connectivity index is 2.94. The van der Waals surface area contributed by atoms with Gasteiger partial charge in [-0.15, -0.1) is 0 Å². The van der Waals surface area contributed by atoms with E-state index in [0.29, 0.717) is 0 Å². The van der Waals surface area contributed by atoms with Crippen molar-refractivity contribution in [1.82, 2.24) is 5.32 Å². The summed E-state index contributed by atoms with van der Waals surface area (Å²) in [5.41, 5.74) is -0.230. The van der Waals surface area contributed by atoms with Crippen molar-refractivity contribution in [2.75, 3.05) is 6.54 Å². The topological polar surface area (TPSA) is 55.2 Å². The van der Waals surface area contributed by atoms with Crippen LogP contribution in [0.3, 0.4) is 0 Å². The maximum atomic E-state index is 13.6. The Morgan fingerprint density at radius 2 is 1.16 bits per heavy atom. The van der Waals surface area contributed by atoms with E-state index in [-0.39, 0.29) is 11.3 Å². The van der Waals surface area contributed by atoms with Crippen LogP contribution in [0, 0.1) is 10.1 Å². The van der Waals surface area contributed by atoms with E-state index in [1.807, 2.05) is 5.32 Å². The lowest BCUT2D eigenvalue weighted by Gasteiger charge is -2.39. The molecule has 0 bridgehead atoms. The van der Waals surface area contributed by atoms with Gasteiger partial charge >= 0.3 is 35.8 Å². The number of nitro groups is 1. The van der Waals surface area contributed by atoms with Crippen molar-refractivity contribution in [3.8, 4) is 0 Å². The first-order valence-electron chi connectivity index (χ1n) is 8.03. The fourth-order valence-corrected chi connectivity index (χ4v) is 2.17. The first-order chi connectivity index (χ1) is 14.1. The van der Waals surface area contributed by atoms with Crippen LogP contribution in [0.4, 0.5) is 62.8 Å². The zero-order valence-electron chi connectivity index (χ0n) is 15.1. The maximum absolute atomic E-state index is 13.6. The fourth-order valence-electron chi connectivity index (χ4n) is 2.17. The first kappa shape index (κ1) is 27.7. The summed E-state index contributed by atoms with van der Waals surface area (Å²) in [5.74, 6) is -36.9. The second-order valence-corrected chi connectivity index (χ2v) is 6.35. The van der Waals surface area contributed by atoms with E-state index in [9.17, 15) is 67.2 Å². The van der Waals surface area contributed by atoms with Gasteiger partial charge in [0.1, 0.15) is 0 Å². The molecule has 0 unspecified atom stereocenters. The molecule has 1 N–H and O–H groups in total. The predicted octanol–water partition coefficient (Wildman–Crippen LogP) is 5.81. The van der Waals surface area contributed by atoms with Crippen molar-refractivity contribution in [3.05, 3.63) is 39.9 Å². The van der Waals surface area contributed by atoms with E-state index in [2.05, 4.69) is 0 Å². The summed E-state index contributed by atoms with van der Waals surface area (Å²) in [6.07, 6.45) is -9.81. The number of rotatable bonds is 10. The van der Waals surface area contributed by atoms with E-state index >= 15 is 0 Å². The lowest BCUT2D eigenvalue weighted by molar-refractivity contribution is -0.440. The molecule has 0 aliphatic rings. The second-order valence-electron chi connectivity index (χ2n) is 6.35. The Labute approximate surface area is 169 Å². The largest absolute Gasteiger partial charge is 0.460 e. The lowest BCUT2D eigenvalue weighted by Crippen LogP contribution is -2.70. The second kappa shape index (κ2) is 8.55. The monoisotopic (exact) mass is 498 g/mol. The van der Waals surface area contributed by atoms with Gasteiger partial charge in [0.25, 0.3) is 5.69 Å². The van der Waals surface area contributed by atoms with Crippen LogP contribution in [0.15, 0.2) is 24.3 Å². The molecule has 0 atom stereocenters. The highest BCUT2D eigenvalue weighted by atomic mass is 19.4. The summed E-state index contributed by atoms with van der Waals surface area (Å²) < 4.78 is 168. The number of nitrogens with one attached hydrogen (secondary N) is 1. The Bertz CT molecular complexity index is 807. The van der Waals surface area contributed by atoms with Crippen LogP contribution < -0.4 is 5.32 Å². The van der Waals surface area contributed by atoms with Crippen molar-refractivity contribution < 1.29 is 62.0 Å². The maximum Gasteiger partial charge on any atom is 0.460 e. The molecule has 0 radical (unpaired) electrons. The van der Waals surface area contributed by atoms with Gasteiger partial charge < -0.3 is 5.32 Å². The van der Waals surface area contributed by atoms with Gasteiger partial charge in [-0.3, -0.25) is 10.1 Å². The minimum absolute atomic E-state index is 0.146. The zero-order valence-corrected chi connectivity index (χ0v) is 15.1. The molecule has 0 aliphatic carbocycles. The highest BCUT2D eigenvalue weighted by Gasteiger charge is 2.90. The molecule has 1 rings (SSSR count). The Hall–Kier alpha value is -2.33. The molecule has 32 heavy (non-hydrogen) atoms. The molecule has 0 spiro atoms. The molecule has 17 heteroatoms. The number of alkyl halides is 13. The van der Waals surface area contributed by atoms with Gasteiger partial charge in [-0.1, -0.05) is 12.1 Å². The van der Waals surface area contributed by atoms with Crippen LogP contribution in [-0.4, -0.2) is 47.3 Å². The molecule has 0 saturated heterocycles. The van der Waals surface area contributed by atoms with Crippen molar-refractivity contribution in [3.63, 3.8) is 0 Å². The fraction of sp³-hybridized carbons (Fsp3) is 0.600. The molecule has 0 aromatic heterocycles. The number of hydrogen-bond acceptors (Lipinski definition) is 3. The lowest BCUT2D eigenvalue weighted by atomic mass is 9.92. The average molecular weight is 498 g/mol. The van der Waals surface area contributed by atoms with Gasteiger partial charge in [-0.25, -0.2) is 0 Å². The first-order valence-corrected chi connectivity index (χ1v) is 8.03. The molecular formula is C15H11F13N2O2. The zero-order chi connectivity index (χ0) is 25.4. The number of hydrogen-bond donors (Lipinski definition) is 1. The number of nitro benzene ring substituents is 1. The van der Waals surface area contributed by atoms with Crippen molar-refractivity contribution in [1.29, 1.82) is 0 Å². The summed E-state index contributed by atoms with van der Waals surface area (Å²) in [5, 5.41) is 12.4. The van der Waals surface area contributed by atoms with E-state index in [1.165, 1.54) is 0 Å². The summed E-state index contributed by atoms with van der Waals surface area (Å²) in [7, 11) is 0. The van der Waals surface area contributed by atoms with E-state index < -0.39 is 60.2 Å². The van der Waals surface area contributed by atoms with Gasteiger partial charge in [0.05, 0.1) is 4.92 Å². The van der Waals surface area contributed by atoms with Crippen molar-refractivity contribution in [2.24, 2.45) is 0 Å². The third kappa shape index (κ3) is 4.71. The minimum atomic E-state index is -7.92. The van der Waals surface area contributed by atoms with Gasteiger partial charge in [0.15, 0.2) is 0 Å². The summed E-state index contributed by atoms with van der Waals surface area (Å²) in [6.45, 7) is -1.77. The van der Waals surface area contributed by atoms with Crippen molar-refractivity contribution >= 4 is 5.69 Å². The van der Waals surface area contributed by atoms with Crippen LogP contribution in [0.1, 0.15) is 12.0 Å². The van der Waals surface area contributed by atoms with Crippen LogP contribution in [0.25, 0.3) is 0 Å². The summed E-state index contributed by atoms with van der Waals surface area (Å²) >= 11 is 0. The molecule has 1 aromatic carbocycles. The quantitative estimate of drug-likeness (QED) is 0.192. The van der Waals surface area contributed by atoms with E-state index in [0.717, 1.165) is 24.3 Å². The molecule has 0 saturated carbocycles. The predicted molar refractivity (Wildman–Crippen MR) is 80.2 cm³/mol. The molecule has 0 heterocycles. The third-order valence-corrected chi connectivity index (χ3v) is 4.09. The van der Waals surface area contributed by atoms with E-state index in [1.54, 1.807) is 0 Å². The highest BCUT2D eigenvalue weighted by molar-refractivity contribution is 5.32. The third-order valence-electron chi connectivity index (χ3n) is 4.09. The highest BCUT2D eigenvalue weighted by Crippen LogP contribution is 2.60. The summed E-state index contributed by atoms with van der Waals surface area (Å²) in [4.78, 5) is 9.66. The van der Waals surface area contributed by atoms with E-state index in [4.69, 9.17) is 0 Å². The molecule has 0 fully saturated rings. The standard InChI is InChI=1S/C15H11F13N2O2/c16-10(17,5-6-29-7-8-1-3-9(4-2-8)30(31)32)11(18,19)12(20,21)13(22,23)14(24,25)15(26,27)28/h1-4,29H,5-7H2. The Morgan fingerprint density at radius 1 is 0.719 bits per heavy atom. The smallest absolute Gasteiger partial charge is 0.312 e. The summed E-state index contributed by atoms with van der Waals surface area (Å²) in [6, 6.07) is 4.10. The number of benzene rings is 1. The molecule has 4 nitrogen and oxygen atoms in total. The van der Waals surface area contributed by atoms with Gasteiger partial charge in [-0.05, 0) is 5.56 Å². The molecule has 184 valence electrons. The Morgan fingerprint density at radius 3 is 1.56 bits per heavy atom. The normalized spacial score (nSPS) is 14.5. The van der Waals surface area contributed by atoms with Crippen LogP contribution >= 0.6 is 0 Å². The SMILES string of the molecule is O=[N+]([O-])c1ccc(CNCCC(F)(F)C(F)(F)C(F)(F)C(F)(F)C(F)(F)C(F)(F)F)cc1. The Kier molecular flexibility index (Phi) is 7.40. The van der Waals surface area contributed by atoms with Gasteiger partial charge in [0, 0.05) is 31.6 Å². The van der Waals surface area contributed by atoms with Crippen LogP contribution in [-0.2, 0) is 6.54 Å². The number of halogens is 13. The van der Waals surface area contributed by atoms with Gasteiger partial charge in [-0.2, -0.15) is 57.1 Å². The molecule has 0 aliphatic heterocycles. The van der Waals surface area contributed by atoms with Crippen LogP contribution in [0.5, 0.6) is 0 Å². The number of non-ortho nitro benzene ring substituents is 1. The van der Waals surface area contributed by atoms with Crippen molar-refractivity contribution in [2.45, 2.75) is 48.8 Å². The molecular weight excluding hydrogens is 487 g/mol. The minimum Gasteiger partial charge on any atom is -0.312 e. The van der Waals surface area contributed by atoms with Gasteiger partial charge in [0.2, 0.25) is 0 Å². The van der Waals surface area contributed by atoms with Crippen LogP contribution in [0.2, 0.25) is 0 Å². The average Bonchev–Trinajstić information content (AvgIpc) is 2.64. The number of nitrogens with zero attached hydrogens (tertiary/aromatic N) is 1.